The lowest BCUT2D eigenvalue weighted by atomic mass is 10.2. The number of hydrogen-bond donors (Lipinski definition) is 0. The van der Waals surface area contributed by atoms with Crippen LogP contribution in [0.15, 0.2) is 6.20 Å². The highest BCUT2D eigenvalue weighted by Crippen LogP contribution is 2.24. The van der Waals surface area contributed by atoms with Crippen LogP contribution >= 0.6 is 0 Å². The first-order chi connectivity index (χ1) is 9.15. The van der Waals surface area contributed by atoms with Crippen LogP contribution in [-0.4, -0.2) is 54.1 Å². The molecular formula is C13H18N4O2. The van der Waals surface area contributed by atoms with Crippen LogP contribution in [0.5, 0.6) is 0 Å². The minimum atomic E-state index is 0.0239. The van der Waals surface area contributed by atoms with Crippen molar-refractivity contribution in [3.05, 3.63) is 17.5 Å². The Bertz CT molecular complexity index is 497. The average molecular weight is 262 g/mol. The molecule has 1 saturated heterocycles. The van der Waals surface area contributed by atoms with Gasteiger partial charge in [-0.25, -0.2) is 9.97 Å². The molecule has 0 bridgehead atoms. The van der Waals surface area contributed by atoms with Gasteiger partial charge in [-0.15, -0.1) is 0 Å². The van der Waals surface area contributed by atoms with E-state index in [0.29, 0.717) is 24.6 Å². The number of fused-ring (bicyclic) bond motifs is 1. The van der Waals surface area contributed by atoms with Crippen molar-refractivity contribution in [3.8, 4) is 0 Å². The van der Waals surface area contributed by atoms with Crippen molar-refractivity contribution < 1.29 is 9.53 Å². The van der Waals surface area contributed by atoms with Crippen LogP contribution < -0.4 is 4.90 Å². The van der Waals surface area contributed by atoms with E-state index in [4.69, 9.17) is 4.74 Å². The van der Waals surface area contributed by atoms with Crippen molar-refractivity contribution in [2.45, 2.75) is 25.5 Å². The first kappa shape index (κ1) is 12.3. The highest BCUT2D eigenvalue weighted by Gasteiger charge is 2.32. The Morgan fingerprint density at radius 1 is 1.53 bits per heavy atom. The molecule has 1 atom stereocenters. The molecule has 0 spiro atoms. The number of hydrogen-bond acceptors (Lipinski definition) is 5. The van der Waals surface area contributed by atoms with Gasteiger partial charge in [0.05, 0.1) is 23.9 Å². The van der Waals surface area contributed by atoms with Crippen LogP contribution in [0, 0.1) is 0 Å². The number of carbonyl (C=O) groups is 1. The second kappa shape index (κ2) is 4.77. The summed E-state index contributed by atoms with van der Waals surface area (Å²) in [5, 5.41) is 0. The van der Waals surface area contributed by atoms with Gasteiger partial charge in [-0.1, -0.05) is 0 Å². The molecule has 3 rings (SSSR count). The van der Waals surface area contributed by atoms with E-state index >= 15 is 0 Å². The van der Waals surface area contributed by atoms with Crippen molar-refractivity contribution >= 4 is 11.9 Å². The van der Waals surface area contributed by atoms with Crippen LogP contribution in [-0.2, 0) is 11.3 Å². The van der Waals surface area contributed by atoms with Crippen molar-refractivity contribution in [2.24, 2.45) is 0 Å². The molecule has 1 fully saturated rings. The fourth-order valence-electron chi connectivity index (χ4n) is 2.53. The summed E-state index contributed by atoms with van der Waals surface area (Å²) >= 11 is 0. The van der Waals surface area contributed by atoms with E-state index in [1.807, 2.05) is 23.9 Å². The lowest BCUT2D eigenvalue weighted by molar-refractivity contribution is 0.0544. The van der Waals surface area contributed by atoms with E-state index in [1.165, 1.54) is 0 Å². The molecule has 6 heteroatoms. The van der Waals surface area contributed by atoms with Crippen LogP contribution in [0.4, 0.5) is 5.95 Å². The SMILES string of the molecule is CN(C)c1ncc2c(n1)CN(CC1CCCO1)C2=O. The summed E-state index contributed by atoms with van der Waals surface area (Å²) in [4.78, 5) is 24.5. The zero-order chi connectivity index (χ0) is 13.4. The summed E-state index contributed by atoms with van der Waals surface area (Å²) in [7, 11) is 3.78. The average Bonchev–Trinajstić information content (AvgIpc) is 2.99. The van der Waals surface area contributed by atoms with Crippen molar-refractivity contribution in [2.75, 3.05) is 32.1 Å². The maximum atomic E-state index is 12.2. The molecule has 1 aromatic heterocycles. The van der Waals surface area contributed by atoms with Gasteiger partial charge >= 0.3 is 0 Å². The predicted molar refractivity (Wildman–Crippen MR) is 70.1 cm³/mol. The largest absolute Gasteiger partial charge is 0.376 e. The standard InChI is InChI=1S/C13H18N4O2/c1-16(2)13-14-6-10-11(15-13)8-17(12(10)18)7-9-4-3-5-19-9/h6,9H,3-5,7-8H2,1-2H3. The monoisotopic (exact) mass is 262 g/mol. The summed E-state index contributed by atoms with van der Waals surface area (Å²) in [6, 6.07) is 0. The van der Waals surface area contributed by atoms with E-state index in [1.54, 1.807) is 6.20 Å². The van der Waals surface area contributed by atoms with Crippen LogP contribution in [0.2, 0.25) is 0 Å². The summed E-state index contributed by atoms with van der Waals surface area (Å²) < 4.78 is 5.59. The molecule has 0 aromatic carbocycles. The molecule has 0 N–H and O–H groups in total. The summed E-state index contributed by atoms with van der Waals surface area (Å²) in [5.41, 5.74) is 1.45. The number of aromatic nitrogens is 2. The molecule has 1 aromatic rings. The Hall–Kier alpha value is -1.69. The van der Waals surface area contributed by atoms with Crippen LogP contribution in [0.3, 0.4) is 0 Å². The third kappa shape index (κ3) is 2.28. The minimum Gasteiger partial charge on any atom is -0.376 e. The molecule has 0 saturated carbocycles. The Morgan fingerprint density at radius 2 is 2.37 bits per heavy atom. The molecule has 3 heterocycles. The Morgan fingerprint density at radius 3 is 3.05 bits per heavy atom. The zero-order valence-corrected chi connectivity index (χ0v) is 11.3. The van der Waals surface area contributed by atoms with Gasteiger partial charge in [0.25, 0.3) is 5.91 Å². The van der Waals surface area contributed by atoms with E-state index in [-0.39, 0.29) is 12.0 Å². The Balaban J connectivity index is 1.76. The molecule has 102 valence electrons. The first-order valence-corrected chi connectivity index (χ1v) is 6.59. The number of anilines is 1. The Labute approximate surface area is 112 Å². The molecule has 0 radical (unpaired) electrons. The van der Waals surface area contributed by atoms with Crippen molar-refractivity contribution in [1.82, 2.24) is 14.9 Å². The number of amides is 1. The lowest BCUT2D eigenvalue weighted by Crippen LogP contribution is -2.32. The van der Waals surface area contributed by atoms with Gasteiger partial charge in [-0.3, -0.25) is 4.79 Å². The smallest absolute Gasteiger partial charge is 0.257 e. The highest BCUT2D eigenvalue weighted by molar-refractivity contribution is 5.97. The second-order valence-corrected chi connectivity index (χ2v) is 5.25. The fourth-order valence-corrected chi connectivity index (χ4v) is 2.53. The summed E-state index contributed by atoms with van der Waals surface area (Å²) in [5.74, 6) is 0.668. The number of nitrogens with zero attached hydrogens (tertiary/aromatic N) is 4. The van der Waals surface area contributed by atoms with Gasteiger partial charge in [-0.2, -0.15) is 0 Å². The van der Waals surface area contributed by atoms with Gasteiger partial charge in [0, 0.05) is 33.4 Å². The number of rotatable bonds is 3. The lowest BCUT2D eigenvalue weighted by Gasteiger charge is -2.19. The number of ether oxygens (including phenoxy) is 1. The molecule has 1 amide bonds. The maximum Gasteiger partial charge on any atom is 0.257 e. The quantitative estimate of drug-likeness (QED) is 0.801. The second-order valence-electron chi connectivity index (χ2n) is 5.25. The van der Waals surface area contributed by atoms with Crippen molar-refractivity contribution in [3.63, 3.8) is 0 Å². The first-order valence-electron chi connectivity index (χ1n) is 6.59. The molecule has 6 nitrogen and oxygen atoms in total. The van der Waals surface area contributed by atoms with Crippen LogP contribution in [0.1, 0.15) is 28.9 Å². The molecule has 2 aliphatic rings. The predicted octanol–water partition coefficient (Wildman–Crippen LogP) is 0.677. The van der Waals surface area contributed by atoms with Gasteiger partial charge in [-0.05, 0) is 12.8 Å². The van der Waals surface area contributed by atoms with Crippen LogP contribution in [0.25, 0.3) is 0 Å². The molecule has 19 heavy (non-hydrogen) atoms. The normalized spacial score (nSPS) is 21.9. The Kier molecular flexibility index (Phi) is 3.10. The maximum absolute atomic E-state index is 12.2. The third-order valence-electron chi connectivity index (χ3n) is 3.56. The van der Waals surface area contributed by atoms with E-state index in [9.17, 15) is 4.79 Å². The molecule has 1 unspecified atom stereocenters. The zero-order valence-electron chi connectivity index (χ0n) is 11.3. The van der Waals surface area contributed by atoms with Gasteiger partial charge in [0.1, 0.15) is 0 Å². The van der Waals surface area contributed by atoms with Gasteiger partial charge < -0.3 is 14.5 Å². The van der Waals surface area contributed by atoms with E-state index < -0.39 is 0 Å². The topological polar surface area (TPSA) is 58.6 Å². The van der Waals surface area contributed by atoms with Crippen molar-refractivity contribution in [1.29, 1.82) is 0 Å². The summed E-state index contributed by atoms with van der Waals surface area (Å²) in [6.45, 7) is 2.04. The minimum absolute atomic E-state index is 0.0239. The molecule has 2 aliphatic heterocycles. The fraction of sp³-hybridized carbons (Fsp3) is 0.615. The van der Waals surface area contributed by atoms with Gasteiger partial charge in [0.2, 0.25) is 5.95 Å². The molecular weight excluding hydrogens is 244 g/mol. The summed E-state index contributed by atoms with van der Waals surface area (Å²) in [6.07, 6.45) is 3.94. The third-order valence-corrected chi connectivity index (χ3v) is 3.56. The van der Waals surface area contributed by atoms with E-state index in [2.05, 4.69) is 9.97 Å². The highest BCUT2D eigenvalue weighted by atomic mass is 16.5. The van der Waals surface area contributed by atoms with Gasteiger partial charge in [0.15, 0.2) is 0 Å². The van der Waals surface area contributed by atoms with E-state index in [0.717, 1.165) is 25.1 Å². The molecule has 0 aliphatic carbocycles. The number of carbonyl (C=O) groups excluding carboxylic acids is 1.